The molecule has 0 saturated heterocycles. The van der Waals surface area contributed by atoms with Gasteiger partial charge in [0.05, 0.1) is 0 Å². The van der Waals surface area contributed by atoms with Crippen LogP contribution in [0.5, 0.6) is 0 Å². The molecule has 0 radical (unpaired) electrons. The highest BCUT2D eigenvalue weighted by Gasteiger charge is 2.15. The molecule has 4 heteroatoms. The Balaban J connectivity index is 2.42. The monoisotopic (exact) mass is 267 g/mol. The van der Waals surface area contributed by atoms with E-state index in [1.807, 2.05) is 11.9 Å². The molecule has 1 atom stereocenters. The Labute approximate surface area is 113 Å². The second-order valence-corrected chi connectivity index (χ2v) is 5.76. The largest absolute Gasteiger partial charge is 0.480 e. The lowest BCUT2D eigenvalue weighted by Gasteiger charge is -2.20. The number of benzene rings is 1. The van der Waals surface area contributed by atoms with E-state index in [1.165, 1.54) is 16.0 Å². The highest BCUT2D eigenvalue weighted by atomic mass is 32.2. The number of rotatable bonds is 6. The molecular formula is C14H21NO2S. The summed E-state index contributed by atoms with van der Waals surface area (Å²) in [5.74, 6) is 0.130. The van der Waals surface area contributed by atoms with Crippen LogP contribution in [0, 0.1) is 13.8 Å². The van der Waals surface area contributed by atoms with Crippen molar-refractivity contribution >= 4 is 17.7 Å². The number of hydrogen-bond donors (Lipinski definition) is 1. The van der Waals surface area contributed by atoms with Gasteiger partial charge >= 0.3 is 5.97 Å². The molecule has 0 spiro atoms. The minimum atomic E-state index is -0.770. The SMILES string of the molecule is Cc1ccc(SCCN(C)C(C)C(=O)O)cc1C. The van der Waals surface area contributed by atoms with Crippen LogP contribution in [0.25, 0.3) is 0 Å². The number of thioether (sulfide) groups is 1. The minimum Gasteiger partial charge on any atom is -0.480 e. The van der Waals surface area contributed by atoms with Crippen molar-refractivity contribution in [3.63, 3.8) is 0 Å². The Bertz CT molecular complexity index is 420. The van der Waals surface area contributed by atoms with Crippen LogP contribution in [0.2, 0.25) is 0 Å². The summed E-state index contributed by atoms with van der Waals surface area (Å²) >= 11 is 1.77. The van der Waals surface area contributed by atoms with Gasteiger partial charge in [-0.2, -0.15) is 0 Å². The fourth-order valence-corrected chi connectivity index (χ4v) is 2.53. The van der Waals surface area contributed by atoms with Crippen LogP contribution >= 0.6 is 11.8 Å². The molecule has 0 bridgehead atoms. The molecule has 1 aromatic rings. The molecule has 0 amide bonds. The molecule has 0 heterocycles. The van der Waals surface area contributed by atoms with Crippen LogP contribution in [0.3, 0.4) is 0 Å². The molecule has 0 aromatic heterocycles. The highest BCUT2D eigenvalue weighted by molar-refractivity contribution is 7.99. The zero-order valence-corrected chi connectivity index (χ0v) is 12.3. The highest BCUT2D eigenvalue weighted by Crippen LogP contribution is 2.21. The van der Waals surface area contributed by atoms with Gasteiger partial charge in [-0.1, -0.05) is 6.07 Å². The molecule has 1 rings (SSSR count). The van der Waals surface area contributed by atoms with Gasteiger partial charge in [-0.25, -0.2) is 0 Å². The molecule has 0 aliphatic carbocycles. The van der Waals surface area contributed by atoms with E-state index in [2.05, 4.69) is 32.0 Å². The topological polar surface area (TPSA) is 40.5 Å². The summed E-state index contributed by atoms with van der Waals surface area (Å²) in [5.41, 5.74) is 2.60. The van der Waals surface area contributed by atoms with Crippen LogP contribution in [-0.4, -0.2) is 41.4 Å². The van der Waals surface area contributed by atoms with Crippen LogP contribution in [-0.2, 0) is 4.79 Å². The van der Waals surface area contributed by atoms with Crippen molar-refractivity contribution in [2.75, 3.05) is 19.3 Å². The van der Waals surface area contributed by atoms with E-state index < -0.39 is 12.0 Å². The average Bonchev–Trinajstić information content (AvgIpc) is 2.32. The van der Waals surface area contributed by atoms with Crippen LogP contribution in [0.15, 0.2) is 23.1 Å². The molecule has 0 aliphatic rings. The predicted molar refractivity (Wildman–Crippen MR) is 76.4 cm³/mol. The first-order valence-corrected chi connectivity index (χ1v) is 7.03. The average molecular weight is 267 g/mol. The van der Waals surface area contributed by atoms with Gasteiger partial charge in [-0.15, -0.1) is 11.8 Å². The number of carbonyl (C=O) groups is 1. The standard InChI is InChI=1S/C14H21NO2S/c1-10-5-6-13(9-11(10)2)18-8-7-15(4)12(3)14(16)17/h5-6,9,12H,7-8H2,1-4H3,(H,16,17). The summed E-state index contributed by atoms with van der Waals surface area (Å²) in [6, 6.07) is 6.00. The van der Waals surface area contributed by atoms with Gasteiger partial charge in [0, 0.05) is 17.2 Å². The Morgan fingerprint density at radius 2 is 2.06 bits per heavy atom. The van der Waals surface area contributed by atoms with Crippen molar-refractivity contribution in [2.45, 2.75) is 31.7 Å². The third kappa shape index (κ3) is 4.35. The number of carboxylic acid groups (broad SMARTS) is 1. The first-order chi connectivity index (χ1) is 8.41. The number of nitrogens with zero attached hydrogens (tertiary/aromatic N) is 1. The number of hydrogen-bond acceptors (Lipinski definition) is 3. The number of aliphatic carboxylic acids is 1. The summed E-state index contributed by atoms with van der Waals surface area (Å²) in [4.78, 5) is 13.9. The first-order valence-electron chi connectivity index (χ1n) is 6.05. The van der Waals surface area contributed by atoms with Gasteiger partial charge in [0.1, 0.15) is 6.04 Å². The Morgan fingerprint density at radius 1 is 1.39 bits per heavy atom. The molecule has 1 N–H and O–H groups in total. The van der Waals surface area contributed by atoms with Crippen molar-refractivity contribution in [1.82, 2.24) is 4.90 Å². The third-order valence-corrected chi connectivity index (χ3v) is 4.18. The van der Waals surface area contributed by atoms with Gasteiger partial charge in [-0.3, -0.25) is 9.69 Å². The van der Waals surface area contributed by atoms with E-state index in [0.717, 1.165) is 12.3 Å². The maximum absolute atomic E-state index is 10.8. The van der Waals surface area contributed by atoms with Crippen molar-refractivity contribution in [2.24, 2.45) is 0 Å². The van der Waals surface area contributed by atoms with Gasteiger partial charge in [-0.05, 0) is 51.1 Å². The Morgan fingerprint density at radius 3 is 2.61 bits per heavy atom. The number of aryl methyl sites for hydroxylation is 2. The van der Waals surface area contributed by atoms with Gasteiger partial charge < -0.3 is 5.11 Å². The lowest BCUT2D eigenvalue weighted by Crippen LogP contribution is -2.37. The van der Waals surface area contributed by atoms with E-state index >= 15 is 0 Å². The quantitative estimate of drug-likeness (QED) is 0.805. The zero-order valence-electron chi connectivity index (χ0n) is 11.4. The summed E-state index contributed by atoms with van der Waals surface area (Å²) < 4.78 is 0. The van der Waals surface area contributed by atoms with Crippen LogP contribution < -0.4 is 0 Å². The predicted octanol–water partition coefficient (Wildman–Crippen LogP) is 2.80. The van der Waals surface area contributed by atoms with E-state index in [-0.39, 0.29) is 0 Å². The second-order valence-electron chi connectivity index (χ2n) is 4.59. The molecule has 1 unspecified atom stereocenters. The first kappa shape index (κ1) is 15.1. The van der Waals surface area contributed by atoms with Gasteiger partial charge in [0.25, 0.3) is 0 Å². The number of likely N-dealkylation sites (N-methyl/N-ethyl adjacent to an activating group) is 1. The maximum Gasteiger partial charge on any atom is 0.320 e. The molecule has 0 aliphatic heterocycles. The second kappa shape index (κ2) is 6.81. The molecule has 0 saturated carbocycles. The van der Waals surface area contributed by atoms with Crippen LogP contribution in [0.4, 0.5) is 0 Å². The Kier molecular flexibility index (Phi) is 5.69. The normalized spacial score (nSPS) is 12.7. The molecule has 1 aromatic carbocycles. The Hall–Kier alpha value is -1.00. The summed E-state index contributed by atoms with van der Waals surface area (Å²) in [6.07, 6.45) is 0. The zero-order chi connectivity index (χ0) is 13.7. The number of carboxylic acids is 1. The fraction of sp³-hybridized carbons (Fsp3) is 0.500. The van der Waals surface area contributed by atoms with Gasteiger partial charge in [0.2, 0.25) is 0 Å². The smallest absolute Gasteiger partial charge is 0.320 e. The summed E-state index contributed by atoms with van der Waals surface area (Å²) in [5, 5.41) is 8.89. The van der Waals surface area contributed by atoms with Crippen molar-refractivity contribution in [3.05, 3.63) is 29.3 Å². The lowest BCUT2D eigenvalue weighted by atomic mass is 10.1. The fourth-order valence-electron chi connectivity index (χ4n) is 1.49. The van der Waals surface area contributed by atoms with Crippen LogP contribution in [0.1, 0.15) is 18.1 Å². The van der Waals surface area contributed by atoms with Crippen molar-refractivity contribution in [1.29, 1.82) is 0 Å². The van der Waals surface area contributed by atoms with E-state index in [9.17, 15) is 4.79 Å². The molecule has 3 nitrogen and oxygen atoms in total. The van der Waals surface area contributed by atoms with E-state index in [0.29, 0.717) is 0 Å². The lowest BCUT2D eigenvalue weighted by molar-refractivity contribution is -0.141. The maximum atomic E-state index is 10.8. The molecule has 18 heavy (non-hydrogen) atoms. The van der Waals surface area contributed by atoms with Gasteiger partial charge in [0.15, 0.2) is 0 Å². The molecular weight excluding hydrogens is 246 g/mol. The summed E-state index contributed by atoms with van der Waals surface area (Å²) in [6.45, 7) is 6.69. The molecule has 0 fully saturated rings. The third-order valence-electron chi connectivity index (χ3n) is 3.21. The molecule has 100 valence electrons. The minimum absolute atomic E-state index is 0.426. The van der Waals surface area contributed by atoms with Crippen molar-refractivity contribution in [3.8, 4) is 0 Å². The van der Waals surface area contributed by atoms with E-state index in [1.54, 1.807) is 18.7 Å². The summed E-state index contributed by atoms with van der Waals surface area (Å²) in [7, 11) is 1.85. The van der Waals surface area contributed by atoms with Crippen molar-refractivity contribution < 1.29 is 9.90 Å². The van der Waals surface area contributed by atoms with E-state index in [4.69, 9.17) is 5.11 Å².